The molecule has 168 valence electrons. The van der Waals surface area contributed by atoms with Gasteiger partial charge in [0.2, 0.25) is 10.0 Å². The van der Waals surface area contributed by atoms with E-state index in [2.05, 4.69) is 15.2 Å². The van der Waals surface area contributed by atoms with Crippen molar-refractivity contribution in [2.45, 2.75) is 51.1 Å². The summed E-state index contributed by atoms with van der Waals surface area (Å²) in [5.74, 6) is -1.05. The minimum atomic E-state index is -3.93. The first-order valence-electron chi connectivity index (χ1n) is 10.5. The smallest absolute Gasteiger partial charge is 0.322 e. The van der Waals surface area contributed by atoms with E-state index in [4.69, 9.17) is 0 Å². The summed E-state index contributed by atoms with van der Waals surface area (Å²) in [4.78, 5) is 18.2. The van der Waals surface area contributed by atoms with E-state index >= 15 is 0 Å². The summed E-state index contributed by atoms with van der Waals surface area (Å²) in [6.07, 6.45) is 4.33. The van der Waals surface area contributed by atoms with Gasteiger partial charge in [0.1, 0.15) is 6.04 Å². The Labute approximate surface area is 184 Å². The molecule has 0 saturated carbocycles. The predicted octanol–water partition coefficient (Wildman–Crippen LogP) is 3.37. The lowest BCUT2D eigenvalue weighted by molar-refractivity contribution is -0.142. The summed E-state index contributed by atoms with van der Waals surface area (Å²) in [5.41, 5.74) is 2.99. The number of pyridine rings is 1. The number of benzene rings is 1. The zero-order valence-electron chi connectivity index (χ0n) is 18.2. The molecule has 0 bridgehead atoms. The second-order valence-corrected chi connectivity index (χ2v) is 10.1. The molecule has 1 aliphatic rings. The highest BCUT2D eigenvalue weighted by Crippen LogP contribution is 2.31. The third-order valence-electron chi connectivity index (χ3n) is 5.27. The summed E-state index contributed by atoms with van der Waals surface area (Å²) in [6.45, 7) is 7.07. The highest BCUT2D eigenvalue weighted by atomic mass is 32.2. The van der Waals surface area contributed by atoms with Crippen LogP contribution in [0.25, 0.3) is 0 Å². The predicted molar refractivity (Wildman–Crippen MR) is 120 cm³/mol. The zero-order chi connectivity index (χ0) is 22.6. The average molecular weight is 447 g/mol. The van der Waals surface area contributed by atoms with Crippen molar-refractivity contribution in [1.82, 2.24) is 9.29 Å². The summed E-state index contributed by atoms with van der Waals surface area (Å²) in [5, 5.41) is 13.0. The highest BCUT2D eigenvalue weighted by Gasteiger charge is 2.35. The van der Waals surface area contributed by atoms with E-state index in [0.717, 1.165) is 21.2 Å². The molecule has 0 saturated heterocycles. The van der Waals surface area contributed by atoms with E-state index in [0.29, 0.717) is 19.6 Å². The lowest BCUT2D eigenvalue weighted by atomic mass is 10.0. The Balaban J connectivity index is 1.81. The number of hydrogen-bond donors (Lipinski definition) is 2. The first-order chi connectivity index (χ1) is 14.7. The van der Waals surface area contributed by atoms with E-state index in [9.17, 15) is 18.3 Å². The lowest BCUT2D eigenvalue weighted by Gasteiger charge is -2.29. The zero-order valence-corrected chi connectivity index (χ0v) is 19.0. The van der Waals surface area contributed by atoms with Crippen LogP contribution in [0.2, 0.25) is 0 Å². The average Bonchev–Trinajstić information content (AvgIpc) is 3.13. The van der Waals surface area contributed by atoms with Crippen molar-refractivity contribution >= 4 is 27.4 Å². The fourth-order valence-corrected chi connectivity index (χ4v) is 5.47. The van der Waals surface area contributed by atoms with Gasteiger partial charge in [-0.2, -0.15) is 4.31 Å². The van der Waals surface area contributed by atoms with E-state index in [1.807, 2.05) is 26.8 Å². The minimum Gasteiger partial charge on any atom is -0.480 e. The van der Waals surface area contributed by atoms with Gasteiger partial charge in [-0.1, -0.05) is 32.9 Å². The van der Waals surface area contributed by atoms with Gasteiger partial charge in [-0.05, 0) is 42.5 Å². The fourth-order valence-electron chi connectivity index (χ4n) is 3.78. The molecule has 0 aliphatic carbocycles. The maximum atomic E-state index is 13.3. The van der Waals surface area contributed by atoms with Gasteiger partial charge in [-0.25, -0.2) is 8.42 Å². The van der Waals surface area contributed by atoms with Gasteiger partial charge in [0.15, 0.2) is 0 Å². The molecule has 0 fully saturated rings. The minimum absolute atomic E-state index is 0.0604. The molecular formula is C22H30N4O4S. The summed E-state index contributed by atoms with van der Waals surface area (Å²) in [7, 11) is -3.93. The molecule has 9 heteroatoms. The highest BCUT2D eigenvalue weighted by molar-refractivity contribution is 7.89. The van der Waals surface area contributed by atoms with E-state index in [1.54, 1.807) is 36.7 Å². The molecule has 8 nitrogen and oxygen atoms in total. The van der Waals surface area contributed by atoms with Crippen LogP contribution in [-0.4, -0.2) is 48.0 Å². The molecule has 31 heavy (non-hydrogen) atoms. The first-order valence-corrected chi connectivity index (χ1v) is 11.9. The number of aromatic nitrogens is 1. The number of rotatable bonds is 10. The van der Waals surface area contributed by atoms with Crippen LogP contribution in [0.5, 0.6) is 0 Å². The fraction of sp³-hybridized carbons (Fsp3) is 0.455. The molecule has 1 aromatic heterocycles. The van der Waals surface area contributed by atoms with Crippen molar-refractivity contribution < 1.29 is 18.3 Å². The van der Waals surface area contributed by atoms with E-state index in [1.165, 1.54) is 0 Å². The Morgan fingerprint density at radius 1 is 1.26 bits per heavy atom. The largest absolute Gasteiger partial charge is 0.480 e. The number of carbonyl (C=O) groups is 1. The van der Waals surface area contributed by atoms with Crippen molar-refractivity contribution in [3.63, 3.8) is 0 Å². The van der Waals surface area contributed by atoms with Gasteiger partial charge in [0, 0.05) is 19.3 Å². The quantitative estimate of drug-likeness (QED) is 0.577. The number of carboxylic acid groups (broad SMARTS) is 1. The SMILES string of the molecule is CCCN([C@@H](CC(C)C)C(=O)O)S(=O)(=O)c1ccc(CN2CNc3cnccc32)cc1. The number of carboxylic acids is 1. The molecular weight excluding hydrogens is 416 g/mol. The standard InChI is InChI=1S/C22H30N4O4S/c1-4-11-26(21(22(27)28)12-16(2)3)31(29,30)18-7-5-17(6-8-18)14-25-15-24-19-13-23-10-9-20(19)25/h5-10,13,16,21,24H,4,11-12,14-15H2,1-3H3,(H,27,28)/t21-/m0/s1. The van der Waals surface area contributed by atoms with Gasteiger partial charge < -0.3 is 15.3 Å². The number of fused-ring (bicyclic) bond motifs is 1. The number of nitrogens with one attached hydrogen (secondary N) is 1. The monoisotopic (exact) mass is 446 g/mol. The molecule has 0 unspecified atom stereocenters. The molecule has 1 atom stereocenters. The maximum Gasteiger partial charge on any atom is 0.322 e. The van der Waals surface area contributed by atoms with Gasteiger partial charge in [-0.3, -0.25) is 9.78 Å². The van der Waals surface area contributed by atoms with Gasteiger partial charge >= 0.3 is 5.97 Å². The normalized spacial score (nSPS) is 14.5. The second kappa shape index (κ2) is 9.65. The number of anilines is 2. The molecule has 0 spiro atoms. The van der Waals surface area contributed by atoms with Crippen LogP contribution in [0.3, 0.4) is 0 Å². The molecule has 0 amide bonds. The van der Waals surface area contributed by atoms with Crippen LogP contribution in [0.4, 0.5) is 11.4 Å². The number of nitrogens with zero attached hydrogens (tertiary/aromatic N) is 3. The van der Waals surface area contributed by atoms with Crippen LogP contribution in [0, 0.1) is 5.92 Å². The van der Waals surface area contributed by atoms with Crippen molar-refractivity contribution in [3.8, 4) is 0 Å². The summed E-state index contributed by atoms with van der Waals surface area (Å²) in [6, 6.07) is 7.57. The van der Waals surface area contributed by atoms with Crippen LogP contribution in [-0.2, 0) is 21.4 Å². The first kappa shape index (κ1) is 23.0. The van der Waals surface area contributed by atoms with Crippen LogP contribution < -0.4 is 10.2 Å². The van der Waals surface area contributed by atoms with E-state index in [-0.39, 0.29) is 23.8 Å². The Bertz CT molecular complexity index is 1010. The Morgan fingerprint density at radius 3 is 2.58 bits per heavy atom. The molecule has 2 N–H and O–H groups in total. The summed E-state index contributed by atoms with van der Waals surface area (Å²) >= 11 is 0. The topological polar surface area (TPSA) is 103 Å². The lowest BCUT2D eigenvalue weighted by Crippen LogP contribution is -2.46. The molecule has 2 aromatic rings. The van der Waals surface area contributed by atoms with Gasteiger partial charge in [-0.15, -0.1) is 0 Å². The van der Waals surface area contributed by atoms with Gasteiger partial charge in [0.25, 0.3) is 0 Å². The van der Waals surface area contributed by atoms with Gasteiger partial charge in [0.05, 0.1) is 29.1 Å². The molecule has 2 heterocycles. The van der Waals surface area contributed by atoms with Crippen molar-refractivity contribution in [2.75, 3.05) is 23.4 Å². The molecule has 3 rings (SSSR count). The van der Waals surface area contributed by atoms with Crippen molar-refractivity contribution in [3.05, 3.63) is 48.3 Å². The third-order valence-corrected chi connectivity index (χ3v) is 7.20. The van der Waals surface area contributed by atoms with Crippen LogP contribution in [0.15, 0.2) is 47.6 Å². The van der Waals surface area contributed by atoms with Crippen molar-refractivity contribution in [2.24, 2.45) is 5.92 Å². The summed E-state index contributed by atoms with van der Waals surface area (Å²) < 4.78 is 27.7. The number of hydrogen-bond acceptors (Lipinski definition) is 6. The Hall–Kier alpha value is -2.65. The third kappa shape index (κ3) is 5.16. The van der Waals surface area contributed by atoms with Crippen LogP contribution >= 0.6 is 0 Å². The maximum absolute atomic E-state index is 13.3. The van der Waals surface area contributed by atoms with Crippen molar-refractivity contribution in [1.29, 1.82) is 0 Å². The van der Waals surface area contributed by atoms with E-state index < -0.39 is 22.0 Å². The Morgan fingerprint density at radius 2 is 1.97 bits per heavy atom. The molecule has 0 radical (unpaired) electrons. The molecule has 1 aromatic carbocycles. The number of sulfonamides is 1. The number of aliphatic carboxylic acids is 1. The second-order valence-electron chi connectivity index (χ2n) is 8.17. The Kier molecular flexibility index (Phi) is 7.17. The molecule has 1 aliphatic heterocycles. The van der Waals surface area contributed by atoms with Crippen LogP contribution in [0.1, 0.15) is 39.2 Å².